The van der Waals surface area contributed by atoms with E-state index in [1.807, 2.05) is 66.7 Å². The Morgan fingerprint density at radius 1 is 0.943 bits per heavy atom. The summed E-state index contributed by atoms with van der Waals surface area (Å²) in [5.74, 6) is 2.81. The Hall–Kier alpha value is -4.17. The van der Waals surface area contributed by atoms with Crippen LogP contribution in [0.1, 0.15) is 12.8 Å². The molecule has 4 N–H and O–H groups in total. The molecule has 1 unspecified atom stereocenters. The van der Waals surface area contributed by atoms with Gasteiger partial charge in [0.1, 0.15) is 23.1 Å². The fourth-order valence-corrected chi connectivity index (χ4v) is 4.53. The molecule has 5 rings (SSSR count). The molecule has 4 aromatic rings. The number of nitrogens with two attached hydrogens (primary N) is 2. The zero-order valence-corrected chi connectivity index (χ0v) is 19.6. The van der Waals surface area contributed by atoms with E-state index in [9.17, 15) is 0 Å². The summed E-state index contributed by atoms with van der Waals surface area (Å²) in [5.41, 5.74) is 15.4. The van der Waals surface area contributed by atoms with Crippen molar-refractivity contribution < 1.29 is 9.47 Å². The molecule has 8 nitrogen and oxygen atoms in total. The topological polar surface area (TPSA) is 112 Å². The van der Waals surface area contributed by atoms with Gasteiger partial charge in [-0.15, -0.1) is 0 Å². The van der Waals surface area contributed by atoms with Gasteiger partial charge in [-0.25, -0.2) is 9.97 Å². The fraction of sp³-hybridized carbons (Fsp3) is 0.222. The Balaban J connectivity index is 1.39. The van der Waals surface area contributed by atoms with Crippen LogP contribution in [0.25, 0.3) is 22.4 Å². The number of aromatic nitrogens is 3. The van der Waals surface area contributed by atoms with Crippen LogP contribution in [0.2, 0.25) is 0 Å². The highest BCUT2D eigenvalue weighted by molar-refractivity contribution is 5.88. The minimum Gasteiger partial charge on any atom is -0.457 e. The molecule has 0 aliphatic carbocycles. The van der Waals surface area contributed by atoms with Gasteiger partial charge in [-0.3, -0.25) is 0 Å². The van der Waals surface area contributed by atoms with Gasteiger partial charge in [0.15, 0.2) is 0 Å². The molecule has 3 heterocycles. The third-order valence-electron chi connectivity index (χ3n) is 6.13. The second-order valence-corrected chi connectivity index (χ2v) is 8.48. The highest BCUT2D eigenvalue weighted by atomic mass is 16.5. The molecule has 8 heteroatoms. The second kappa shape index (κ2) is 9.99. The zero-order chi connectivity index (χ0) is 24.2. The predicted molar refractivity (Wildman–Crippen MR) is 138 cm³/mol. The summed E-state index contributed by atoms with van der Waals surface area (Å²) in [6.07, 6.45) is 4.01. The monoisotopic (exact) mass is 468 g/mol. The third-order valence-corrected chi connectivity index (χ3v) is 6.13. The molecular weight excluding hydrogens is 440 g/mol. The maximum absolute atomic E-state index is 6.28. The summed E-state index contributed by atoms with van der Waals surface area (Å²) >= 11 is 0. The van der Waals surface area contributed by atoms with E-state index in [4.69, 9.17) is 20.9 Å². The summed E-state index contributed by atoms with van der Waals surface area (Å²) in [6.45, 7) is 1.66. The molecule has 2 aromatic carbocycles. The molecule has 1 aliphatic heterocycles. The van der Waals surface area contributed by atoms with Crippen molar-refractivity contribution in [3.63, 3.8) is 0 Å². The first-order valence-corrected chi connectivity index (χ1v) is 11.6. The summed E-state index contributed by atoms with van der Waals surface area (Å²) in [4.78, 5) is 15.5. The van der Waals surface area contributed by atoms with E-state index in [1.165, 1.54) is 0 Å². The molecule has 0 amide bonds. The highest BCUT2D eigenvalue weighted by Crippen LogP contribution is 2.36. The van der Waals surface area contributed by atoms with Crippen LogP contribution in [0.3, 0.4) is 0 Å². The van der Waals surface area contributed by atoms with Crippen LogP contribution in [-0.2, 0) is 4.74 Å². The van der Waals surface area contributed by atoms with E-state index >= 15 is 0 Å². The van der Waals surface area contributed by atoms with Crippen molar-refractivity contribution in [2.24, 2.45) is 0 Å². The number of pyridine rings is 1. The van der Waals surface area contributed by atoms with Crippen molar-refractivity contribution in [2.75, 3.05) is 36.6 Å². The lowest BCUT2D eigenvalue weighted by Gasteiger charge is -2.25. The maximum Gasteiger partial charge on any atom is 0.222 e. The number of hydrogen-bond donors (Lipinski definition) is 2. The average Bonchev–Trinajstić information content (AvgIpc) is 3.34. The van der Waals surface area contributed by atoms with Gasteiger partial charge in [-0.1, -0.05) is 42.5 Å². The van der Waals surface area contributed by atoms with Crippen LogP contribution in [0, 0.1) is 0 Å². The van der Waals surface area contributed by atoms with Crippen LogP contribution < -0.4 is 21.1 Å². The first kappa shape index (κ1) is 22.6. The fourth-order valence-electron chi connectivity index (χ4n) is 4.53. The van der Waals surface area contributed by atoms with Crippen molar-refractivity contribution >= 4 is 17.6 Å². The number of ether oxygens (including phenoxy) is 2. The SMILES string of the molecule is COCC1CCCN1c1cc(Oc2ccc(-c3c(N)nc(N)nc3-c3ccccc3)cc2)ccn1. The predicted octanol–water partition coefficient (Wildman–Crippen LogP) is 4.78. The van der Waals surface area contributed by atoms with Crippen molar-refractivity contribution in [1.82, 2.24) is 15.0 Å². The molecular formula is C27H28N6O2. The average molecular weight is 469 g/mol. The highest BCUT2D eigenvalue weighted by Gasteiger charge is 2.25. The summed E-state index contributed by atoms with van der Waals surface area (Å²) in [6, 6.07) is 21.7. The van der Waals surface area contributed by atoms with Gasteiger partial charge in [-0.05, 0) is 36.6 Å². The Kier molecular flexibility index (Phi) is 6.45. The largest absolute Gasteiger partial charge is 0.457 e. The summed E-state index contributed by atoms with van der Waals surface area (Å²) in [5, 5.41) is 0. The Morgan fingerprint density at radius 3 is 2.51 bits per heavy atom. The minimum absolute atomic E-state index is 0.143. The van der Waals surface area contributed by atoms with Gasteiger partial charge in [0, 0.05) is 31.5 Å². The van der Waals surface area contributed by atoms with Gasteiger partial charge in [-0.2, -0.15) is 4.98 Å². The number of rotatable bonds is 7. The molecule has 35 heavy (non-hydrogen) atoms. The molecule has 178 valence electrons. The molecule has 0 radical (unpaired) electrons. The molecule has 1 fully saturated rings. The normalized spacial score (nSPS) is 15.3. The van der Waals surface area contributed by atoms with Gasteiger partial charge < -0.3 is 25.8 Å². The van der Waals surface area contributed by atoms with Crippen molar-refractivity contribution in [1.29, 1.82) is 0 Å². The van der Waals surface area contributed by atoms with E-state index in [2.05, 4.69) is 19.9 Å². The van der Waals surface area contributed by atoms with E-state index in [0.717, 1.165) is 47.6 Å². The van der Waals surface area contributed by atoms with Gasteiger partial charge >= 0.3 is 0 Å². The molecule has 1 aliphatic rings. The lowest BCUT2D eigenvalue weighted by molar-refractivity contribution is 0.180. The quantitative estimate of drug-likeness (QED) is 0.399. The third kappa shape index (κ3) is 4.88. The Bertz CT molecular complexity index is 1300. The summed E-state index contributed by atoms with van der Waals surface area (Å²) in [7, 11) is 1.74. The van der Waals surface area contributed by atoms with E-state index in [1.54, 1.807) is 13.3 Å². The van der Waals surface area contributed by atoms with Gasteiger partial charge in [0.25, 0.3) is 0 Å². The van der Waals surface area contributed by atoms with Gasteiger partial charge in [0.2, 0.25) is 5.95 Å². The first-order chi connectivity index (χ1) is 17.1. The zero-order valence-electron chi connectivity index (χ0n) is 19.6. The number of nitrogens with zero attached hydrogens (tertiary/aromatic N) is 4. The summed E-state index contributed by atoms with van der Waals surface area (Å²) < 4.78 is 11.5. The number of anilines is 3. The lowest BCUT2D eigenvalue weighted by atomic mass is 9.99. The second-order valence-electron chi connectivity index (χ2n) is 8.48. The number of nitrogen functional groups attached to an aromatic ring is 2. The van der Waals surface area contributed by atoms with E-state index in [-0.39, 0.29) is 5.95 Å². The molecule has 1 saturated heterocycles. The molecule has 2 aromatic heterocycles. The number of methoxy groups -OCH3 is 1. The standard InChI is InChI=1S/C27H28N6O2/c1-34-17-20-8-5-15-33(20)23-16-22(13-14-30-23)35-21-11-9-18(10-12-21)24-25(19-6-3-2-4-7-19)31-27(29)32-26(24)28/h2-4,6-7,9-14,16,20H,5,8,15,17H2,1H3,(H4,28,29,31,32). The maximum atomic E-state index is 6.28. The van der Waals surface area contributed by atoms with E-state index in [0.29, 0.717) is 29.9 Å². The van der Waals surface area contributed by atoms with Crippen LogP contribution in [0.15, 0.2) is 72.9 Å². The first-order valence-electron chi connectivity index (χ1n) is 11.6. The van der Waals surface area contributed by atoms with Crippen LogP contribution in [0.4, 0.5) is 17.6 Å². The van der Waals surface area contributed by atoms with Crippen LogP contribution in [-0.4, -0.2) is 41.3 Å². The Morgan fingerprint density at radius 2 is 1.74 bits per heavy atom. The van der Waals surface area contributed by atoms with E-state index < -0.39 is 0 Å². The van der Waals surface area contributed by atoms with Crippen molar-refractivity contribution in [2.45, 2.75) is 18.9 Å². The number of benzene rings is 2. The Labute approximate surface area is 204 Å². The lowest BCUT2D eigenvalue weighted by Crippen LogP contribution is -2.33. The smallest absolute Gasteiger partial charge is 0.222 e. The van der Waals surface area contributed by atoms with Crippen LogP contribution in [0.5, 0.6) is 11.5 Å². The molecule has 1 atom stereocenters. The molecule has 0 bridgehead atoms. The van der Waals surface area contributed by atoms with Crippen molar-refractivity contribution in [3.05, 3.63) is 72.9 Å². The number of hydrogen-bond acceptors (Lipinski definition) is 8. The minimum atomic E-state index is 0.143. The molecule has 0 spiro atoms. The van der Waals surface area contributed by atoms with Crippen molar-refractivity contribution in [3.8, 4) is 33.9 Å². The molecule has 0 saturated carbocycles. The van der Waals surface area contributed by atoms with Crippen LogP contribution >= 0.6 is 0 Å². The van der Waals surface area contributed by atoms with Gasteiger partial charge in [0.05, 0.1) is 23.9 Å².